The highest BCUT2D eigenvalue weighted by molar-refractivity contribution is 9.10. The molecule has 0 radical (unpaired) electrons. The van der Waals surface area contributed by atoms with Crippen LogP contribution in [0, 0.1) is 17.0 Å². The summed E-state index contributed by atoms with van der Waals surface area (Å²) in [5.74, 6) is 1.03. The van der Waals surface area contributed by atoms with E-state index in [-0.39, 0.29) is 5.69 Å². The maximum atomic E-state index is 10.8. The van der Waals surface area contributed by atoms with Gasteiger partial charge in [0.05, 0.1) is 9.95 Å². The highest BCUT2D eigenvalue weighted by Crippen LogP contribution is 2.37. The molecule has 98 valence electrons. The summed E-state index contributed by atoms with van der Waals surface area (Å²) < 4.78 is 6.08. The molecule has 0 aliphatic rings. The number of nitro benzene ring substituents is 1. The fourth-order valence-electron chi connectivity index (χ4n) is 1.55. The zero-order valence-corrected chi connectivity index (χ0v) is 12.2. The summed E-state index contributed by atoms with van der Waals surface area (Å²) in [5.41, 5.74) is 0.651. The molecule has 2 aromatic carbocycles. The van der Waals surface area contributed by atoms with Crippen LogP contribution < -0.4 is 4.74 Å². The van der Waals surface area contributed by atoms with Crippen molar-refractivity contribution in [2.45, 2.75) is 6.92 Å². The second kappa shape index (κ2) is 5.59. The van der Waals surface area contributed by atoms with Crippen molar-refractivity contribution in [2.75, 3.05) is 0 Å². The van der Waals surface area contributed by atoms with Crippen LogP contribution in [-0.2, 0) is 0 Å². The summed E-state index contributed by atoms with van der Waals surface area (Å²) in [4.78, 5) is 10.4. The van der Waals surface area contributed by atoms with Gasteiger partial charge in [-0.2, -0.15) is 0 Å². The summed E-state index contributed by atoms with van der Waals surface area (Å²) >= 11 is 9.21. The minimum atomic E-state index is -0.448. The fourth-order valence-corrected chi connectivity index (χ4v) is 2.20. The molecule has 0 aromatic heterocycles. The van der Waals surface area contributed by atoms with E-state index in [0.29, 0.717) is 26.6 Å². The van der Waals surface area contributed by atoms with Gasteiger partial charge in [-0.25, -0.2) is 0 Å². The van der Waals surface area contributed by atoms with Crippen LogP contribution in [0.2, 0.25) is 5.02 Å². The van der Waals surface area contributed by atoms with E-state index < -0.39 is 4.92 Å². The van der Waals surface area contributed by atoms with Crippen LogP contribution in [0.4, 0.5) is 5.69 Å². The first kappa shape index (κ1) is 13.8. The smallest absolute Gasteiger partial charge is 0.284 e. The van der Waals surface area contributed by atoms with Gasteiger partial charge in [-0.15, -0.1) is 0 Å². The quantitative estimate of drug-likeness (QED) is 0.575. The second-order valence-corrected chi connectivity index (χ2v) is 5.01. The third-order valence-electron chi connectivity index (χ3n) is 2.57. The van der Waals surface area contributed by atoms with Gasteiger partial charge >= 0.3 is 0 Å². The number of ether oxygens (including phenoxy) is 1. The Kier molecular flexibility index (Phi) is 4.07. The van der Waals surface area contributed by atoms with Crippen LogP contribution in [0.5, 0.6) is 11.5 Å². The summed E-state index contributed by atoms with van der Waals surface area (Å²) in [6, 6.07) is 10.00. The molecule has 0 spiro atoms. The van der Waals surface area contributed by atoms with Crippen molar-refractivity contribution < 1.29 is 9.66 Å². The van der Waals surface area contributed by atoms with Crippen molar-refractivity contribution in [3.05, 3.63) is 61.6 Å². The van der Waals surface area contributed by atoms with Crippen LogP contribution in [0.3, 0.4) is 0 Å². The van der Waals surface area contributed by atoms with E-state index >= 15 is 0 Å². The lowest BCUT2D eigenvalue weighted by atomic mass is 10.2. The first-order valence-electron chi connectivity index (χ1n) is 5.36. The van der Waals surface area contributed by atoms with Crippen molar-refractivity contribution in [1.29, 1.82) is 0 Å². The van der Waals surface area contributed by atoms with E-state index in [9.17, 15) is 10.1 Å². The molecule has 0 fully saturated rings. The maximum Gasteiger partial charge on any atom is 0.284 e. The van der Waals surface area contributed by atoms with Gasteiger partial charge in [0.1, 0.15) is 16.0 Å². The van der Waals surface area contributed by atoms with Gasteiger partial charge in [0, 0.05) is 11.6 Å². The standard InChI is InChI=1S/C13H9BrClNO3/c1-8-11(7-6-10(13(8)14)16(17)18)19-12-5-3-2-4-9(12)15/h2-7H,1H3. The average Bonchev–Trinajstić information content (AvgIpc) is 2.37. The van der Waals surface area contributed by atoms with Crippen molar-refractivity contribution in [2.24, 2.45) is 0 Å². The number of hydrogen-bond donors (Lipinski definition) is 0. The van der Waals surface area contributed by atoms with E-state index in [1.807, 2.05) is 0 Å². The maximum absolute atomic E-state index is 10.8. The number of nitro groups is 1. The number of nitrogens with zero attached hydrogens (tertiary/aromatic N) is 1. The zero-order chi connectivity index (χ0) is 14.0. The largest absolute Gasteiger partial charge is 0.455 e. The molecule has 0 N–H and O–H groups in total. The van der Waals surface area contributed by atoms with Crippen molar-refractivity contribution in [3.8, 4) is 11.5 Å². The monoisotopic (exact) mass is 341 g/mol. The van der Waals surface area contributed by atoms with Crippen molar-refractivity contribution >= 4 is 33.2 Å². The van der Waals surface area contributed by atoms with Gasteiger partial charge in [-0.1, -0.05) is 23.7 Å². The molecule has 6 heteroatoms. The molecule has 0 atom stereocenters. The van der Waals surface area contributed by atoms with Gasteiger partial charge in [0.2, 0.25) is 0 Å². The highest BCUT2D eigenvalue weighted by Gasteiger charge is 2.17. The van der Waals surface area contributed by atoms with Crippen LogP contribution in [-0.4, -0.2) is 4.92 Å². The predicted molar refractivity (Wildman–Crippen MR) is 77.1 cm³/mol. The summed E-state index contributed by atoms with van der Waals surface area (Å²) in [5, 5.41) is 11.3. The average molecular weight is 343 g/mol. The minimum absolute atomic E-state index is 0.00371. The molecule has 0 bridgehead atoms. The van der Waals surface area contributed by atoms with Gasteiger partial charge in [-0.05, 0) is 41.1 Å². The predicted octanol–water partition coefficient (Wildman–Crippen LogP) is 5.11. The Labute approximate surface area is 123 Å². The third-order valence-corrected chi connectivity index (χ3v) is 3.88. The number of para-hydroxylation sites is 1. The number of rotatable bonds is 3. The van der Waals surface area contributed by atoms with Crippen LogP contribution in [0.25, 0.3) is 0 Å². The second-order valence-electron chi connectivity index (χ2n) is 3.81. The van der Waals surface area contributed by atoms with Gasteiger partial charge in [0.15, 0.2) is 0 Å². The molecular formula is C13H9BrClNO3. The van der Waals surface area contributed by atoms with E-state index in [1.54, 1.807) is 37.3 Å². The van der Waals surface area contributed by atoms with Gasteiger partial charge in [-0.3, -0.25) is 10.1 Å². The molecule has 0 unspecified atom stereocenters. The third kappa shape index (κ3) is 2.88. The molecule has 0 saturated carbocycles. The molecule has 19 heavy (non-hydrogen) atoms. The first-order chi connectivity index (χ1) is 9.00. The van der Waals surface area contributed by atoms with Gasteiger partial charge < -0.3 is 4.74 Å². The molecule has 4 nitrogen and oxygen atoms in total. The lowest BCUT2D eigenvalue weighted by Gasteiger charge is -2.11. The Morgan fingerprint density at radius 2 is 1.89 bits per heavy atom. The van der Waals surface area contributed by atoms with E-state index in [1.165, 1.54) is 6.07 Å². The van der Waals surface area contributed by atoms with Crippen molar-refractivity contribution in [3.63, 3.8) is 0 Å². The summed E-state index contributed by atoms with van der Waals surface area (Å²) in [6.07, 6.45) is 0. The first-order valence-corrected chi connectivity index (χ1v) is 6.53. The Morgan fingerprint density at radius 3 is 2.53 bits per heavy atom. The van der Waals surface area contributed by atoms with E-state index in [0.717, 1.165) is 0 Å². The number of halogens is 2. The van der Waals surface area contributed by atoms with Crippen LogP contribution in [0.15, 0.2) is 40.9 Å². The molecule has 2 rings (SSSR count). The minimum Gasteiger partial charge on any atom is -0.455 e. The lowest BCUT2D eigenvalue weighted by Crippen LogP contribution is -1.94. The van der Waals surface area contributed by atoms with Gasteiger partial charge in [0.25, 0.3) is 5.69 Å². The molecule has 0 aliphatic heterocycles. The normalized spacial score (nSPS) is 10.3. The molecule has 0 heterocycles. The highest BCUT2D eigenvalue weighted by atomic mass is 79.9. The molecule has 0 saturated heterocycles. The molecule has 0 aliphatic carbocycles. The zero-order valence-electron chi connectivity index (χ0n) is 9.89. The Balaban J connectivity index is 2.40. The summed E-state index contributed by atoms with van der Waals surface area (Å²) in [6.45, 7) is 1.74. The Hall–Kier alpha value is -1.59. The van der Waals surface area contributed by atoms with Crippen LogP contribution in [0.1, 0.15) is 5.56 Å². The van der Waals surface area contributed by atoms with E-state index in [4.69, 9.17) is 16.3 Å². The topological polar surface area (TPSA) is 52.4 Å². The Bertz CT molecular complexity index is 646. The summed E-state index contributed by atoms with van der Waals surface area (Å²) in [7, 11) is 0. The lowest BCUT2D eigenvalue weighted by molar-refractivity contribution is -0.385. The molecule has 0 amide bonds. The SMILES string of the molecule is Cc1c(Oc2ccccc2Cl)ccc([N+](=O)[O-])c1Br. The number of benzene rings is 2. The van der Waals surface area contributed by atoms with E-state index in [2.05, 4.69) is 15.9 Å². The molecular weight excluding hydrogens is 334 g/mol. The number of hydrogen-bond acceptors (Lipinski definition) is 3. The van der Waals surface area contributed by atoms with Crippen LogP contribution >= 0.6 is 27.5 Å². The Morgan fingerprint density at radius 1 is 1.21 bits per heavy atom. The fraction of sp³-hybridized carbons (Fsp3) is 0.0769. The van der Waals surface area contributed by atoms with Crippen molar-refractivity contribution in [1.82, 2.24) is 0 Å². The molecule has 2 aromatic rings.